The molecule has 0 fully saturated rings. The fourth-order valence-corrected chi connectivity index (χ4v) is 3.32. The lowest BCUT2D eigenvalue weighted by Gasteiger charge is -2.07. The molecule has 28 heavy (non-hydrogen) atoms. The Labute approximate surface area is 159 Å². The van der Waals surface area contributed by atoms with Crippen molar-refractivity contribution in [3.05, 3.63) is 64.6 Å². The lowest BCUT2D eigenvalue weighted by molar-refractivity contribution is 0.181. The summed E-state index contributed by atoms with van der Waals surface area (Å²) in [6.45, 7) is 0.700. The van der Waals surface area contributed by atoms with Gasteiger partial charge in [-0.2, -0.15) is 5.10 Å². The minimum atomic E-state index is -0.324. The van der Waals surface area contributed by atoms with E-state index in [-0.39, 0.29) is 24.6 Å². The van der Waals surface area contributed by atoms with E-state index in [1.54, 1.807) is 40.6 Å². The highest BCUT2D eigenvalue weighted by molar-refractivity contribution is 5.86. The van der Waals surface area contributed by atoms with Crippen molar-refractivity contribution in [1.82, 2.24) is 19.2 Å². The number of methoxy groups -OCH3 is 1. The zero-order chi connectivity index (χ0) is 19.7. The number of halogens is 1. The van der Waals surface area contributed by atoms with Gasteiger partial charge in [0.2, 0.25) is 0 Å². The van der Waals surface area contributed by atoms with Gasteiger partial charge in [-0.05, 0) is 30.2 Å². The molecule has 3 heterocycles. The molecule has 0 aliphatic heterocycles. The van der Waals surface area contributed by atoms with Gasteiger partial charge in [-0.1, -0.05) is 12.1 Å². The molecule has 0 aliphatic carbocycles. The minimum Gasteiger partial charge on any atom is -0.396 e. The average Bonchev–Trinajstić information content (AvgIpc) is 3.07. The molecular formula is C20H19FN4O3. The normalized spacial score (nSPS) is 11.5. The van der Waals surface area contributed by atoms with Crippen molar-refractivity contribution in [3.63, 3.8) is 0 Å². The maximum Gasteiger partial charge on any atom is 0.261 e. The second kappa shape index (κ2) is 7.49. The highest BCUT2D eigenvalue weighted by Crippen LogP contribution is 2.29. The highest BCUT2D eigenvalue weighted by atomic mass is 19.1. The molecule has 0 radical (unpaired) electrons. The van der Waals surface area contributed by atoms with E-state index in [4.69, 9.17) is 9.84 Å². The fraction of sp³-hybridized carbons (Fsp3) is 0.250. The second-order valence-corrected chi connectivity index (χ2v) is 6.45. The molecule has 8 heteroatoms. The number of hydrogen-bond donors (Lipinski definition) is 1. The van der Waals surface area contributed by atoms with Gasteiger partial charge in [0.05, 0.1) is 28.8 Å². The average molecular weight is 382 g/mol. The Morgan fingerprint density at radius 2 is 2.00 bits per heavy atom. The third-order valence-corrected chi connectivity index (χ3v) is 4.63. The Hall–Kier alpha value is -3.10. The Bertz CT molecular complexity index is 1200. The Balaban J connectivity index is 1.96. The monoisotopic (exact) mass is 382 g/mol. The molecule has 1 N–H and O–H groups in total. The molecule has 0 atom stereocenters. The molecule has 7 nitrogen and oxygen atoms in total. The number of aromatic nitrogens is 4. The van der Waals surface area contributed by atoms with Crippen LogP contribution in [0.5, 0.6) is 0 Å². The first kappa shape index (κ1) is 18.3. The molecule has 4 aromatic rings. The number of ether oxygens (including phenoxy) is 1. The van der Waals surface area contributed by atoms with Crippen molar-refractivity contribution < 1.29 is 14.2 Å². The van der Waals surface area contributed by atoms with Crippen LogP contribution in [0.1, 0.15) is 12.1 Å². The number of aliphatic hydroxyl groups is 1. The first-order valence-electron chi connectivity index (χ1n) is 8.89. The van der Waals surface area contributed by atoms with Gasteiger partial charge in [-0.15, -0.1) is 0 Å². The molecule has 4 rings (SSSR count). The van der Waals surface area contributed by atoms with Crippen LogP contribution in [0.4, 0.5) is 4.39 Å². The second-order valence-electron chi connectivity index (χ2n) is 6.45. The lowest BCUT2D eigenvalue weighted by Crippen LogP contribution is -2.21. The molecule has 0 bridgehead atoms. The zero-order valence-corrected chi connectivity index (χ0v) is 15.3. The zero-order valence-electron chi connectivity index (χ0n) is 15.3. The largest absolute Gasteiger partial charge is 0.396 e. The fourth-order valence-electron chi connectivity index (χ4n) is 3.32. The van der Waals surface area contributed by atoms with Gasteiger partial charge in [0, 0.05) is 32.7 Å². The van der Waals surface area contributed by atoms with Gasteiger partial charge < -0.3 is 14.4 Å². The van der Waals surface area contributed by atoms with Gasteiger partial charge in [0.25, 0.3) is 5.56 Å². The van der Waals surface area contributed by atoms with Gasteiger partial charge in [0.15, 0.2) is 5.65 Å². The third kappa shape index (κ3) is 3.06. The molecule has 144 valence electrons. The maximum absolute atomic E-state index is 13.4. The van der Waals surface area contributed by atoms with Crippen LogP contribution in [0.25, 0.3) is 27.7 Å². The number of rotatable bonds is 6. The Kier molecular flexibility index (Phi) is 4.89. The highest BCUT2D eigenvalue weighted by Gasteiger charge is 2.18. The van der Waals surface area contributed by atoms with Crippen molar-refractivity contribution in [2.24, 2.45) is 0 Å². The molecule has 3 aromatic heterocycles. The molecule has 0 spiro atoms. The van der Waals surface area contributed by atoms with Crippen LogP contribution >= 0.6 is 0 Å². The van der Waals surface area contributed by atoms with Crippen LogP contribution < -0.4 is 5.56 Å². The summed E-state index contributed by atoms with van der Waals surface area (Å²) in [7, 11) is 1.57. The third-order valence-electron chi connectivity index (χ3n) is 4.63. The lowest BCUT2D eigenvalue weighted by atomic mass is 10.1. The van der Waals surface area contributed by atoms with Crippen LogP contribution in [0.15, 0.2) is 47.5 Å². The summed E-state index contributed by atoms with van der Waals surface area (Å²) >= 11 is 0. The number of pyridine rings is 1. The van der Waals surface area contributed by atoms with E-state index in [1.807, 2.05) is 0 Å². The summed E-state index contributed by atoms with van der Waals surface area (Å²) in [5.74, 6) is -0.324. The van der Waals surface area contributed by atoms with E-state index in [2.05, 4.69) is 10.1 Å². The van der Waals surface area contributed by atoms with E-state index in [0.717, 1.165) is 11.1 Å². The molecule has 0 saturated carbocycles. The van der Waals surface area contributed by atoms with Crippen LogP contribution in [0.2, 0.25) is 0 Å². The number of benzene rings is 1. The van der Waals surface area contributed by atoms with Crippen molar-refractivity contribution in [3.8, 4) is 11.1 Å². The summed E-state index contributed by atoms with van der Waals surface area (Å²) in [5.41, 5.74) is 3.17. The molecular weight excluding hydrogens is 363 g/mol. The smallest absolute Gasteiger partial charge is 0.261 e. The van der Waals surface area contributed by atoms with E-state index >= 15 is 0 Å². The number of aliphatic hydroxyl groups excluding tert-OH is 1. The number of hydrogen-bond acceptors (Lipinski definition) is 5. The van der Waals surface area contributed by atoms with E-state index in [1.165, 1.54) is 18.3 Å². The SMILES string of the molecule is COCc1nn2c(ncc3c(=O)n(CCCO)ccc32)c1-c1ccc(F)cc1. The minimum absolute atomic E-state index is 0.0162. The van der Waals surface area contributed by atoms with Crippen LogP contribution in [-0.4, -0.2) is 38.0 Å². The molecule has 0 unspecified atom stereocenters. The van der Waals surface area contributed by atoms with Gasteiger partial charge >= 0.3 is 0 Å². The number of nitrogens with zero attached hydrogens (tertiary/aromatic N) is 4. The molecule has 0 saturated heterocycles. The Morgan fingerprint density at radius 3 is 2.71 bits per heavy atom. The van der Waals surface area contributed by atoms with E-state index in [0.29, 0.717) is 35.2 Å². The predicted octanol–water partition coefficient (Wildman–Crippen LogP) is 2.38. The van der Waals surface area contributed by atoms with Gasteiger partial charge in [0.1, 0.15) is 5.82 Å². The van der Waals surface area contributed by atoms with Crippen LogP contribution in [0.3, 0.4) is 0 Å². The number of aryl methyl sites for hydroxylation is 1. The predicted molar refractivity (Wildman–Crippen MR) is 103 cm³/mol. The first-order chi connectivity index (χ1) is 13.6. The van der Waals surface area contributed by atoms with Gasteiger partial charge in [-0.3, -0.25) is 4.79 Å². The molecule has 0 aliphatic rings. The van der Waals surface area contributed by atoms with Crippen molar-refractivity contribution in [2.45, 2.75) is 19.6 Å². The van der Waals surface area contributed by atoms with Crippen molar-refractivity contribution in [1.29, 1.82) is 0 Å². The first-order valence-corrected chi connectivity index (χ1v) is 8.89. The molecule has 0 amide bonds. The topological polar surface area (TPSA) is 81.7 Å². The van der Waals surface area contributed by atoms with Crippen LogP contribution in [0, 0.1) is 5.82 Å². The molecule has 1 aromatic carbocycles. The van der Waals surface area contributed by atoms with E-state index < -0.39 is 0 Å². The summed E-state index contributed by atoms with van der Waals surface area (Å²) < 4.78 is 21.8. The summed E-state index contributed by atoms with van der Waals surface area (Å²) in [6, 6.07) is 7.92. The number of fused-ring (bicyclic) bond motifs is 3. The van der Waals surface area contributed by atoms with Crippen LogP contribution in [-0.2, 0) is 17.9 Å². The summed E-state index contributed by atoms with van der Waals surface area (Å²) in [4.78, 5) is 17.2. The van der Waals surface area contributed by atoms with E-state index in [9.17, 15) is 9.18 Å². The summed E-state index contributed by atoms with van der Waals surface area (Å²) in [5, 5.41) is 14.0. The standard InChI is InChI=1S/C20H19FN4O3/c1-28-12-16-18(13-3-5-14(21)6-4-13)19-22-11-15-17(25(19)23-16)7-9-24(20(15)27)8-2-10-26/h3-7,9,11,26H,2,8,10,12H2,1H3. The quantitative estimate of drug-likeness (QED) is 0.554. The van der Waals surface area contributed by atoms with Gasteiger partial charge in [-0.25, -0.2) is 13.9 Å². The summed E-state index contributed by atoms with van der Waals surface area (Å²) in [6.07, 6.45) is 3.72. The van der Waals surface area contributed by atoms with Crippen molar-refractivity contribution in [2.75, 3.05) is 13.7 Å². The Morgan fingerprint density at radius 1 is 1.21 bits per heavy atom. The maximum atomic E-state index is 13.4. The van der Waals surface area contributed by atoms with Crippen molar-refractivity contribution >= 4 is 16.6 Å².